The van der Waals surface area contributed by atoms with Gasteiger partial charge in [0.05, 0.1) is 0 Å². The maximum absolute atomic E-state index is 5.66. The van der Waals surface area contributed by atoms with Crippen molar-refractivity contribution in [1.82, 2.24) is 10.3 Å². The molecule has 1 unspecified atom stereocenters. The molecule has 0 amide bonds. The van der Waals surface area contributed by atoms with Gasteiger partial charge in [0.25, 0.3) is 0 Å². The van der Waals surface area contributed by atoms with Crippen molar-refractivity contribution in [2.45, 2.75) is 37.8 Å². The summed E-state index contributed by atoms with van der Waals surface area (Å²) < 4.78 is 0. The molecule has 1 N–H and O–H groups in total. The molecule has 1 aromatic carbocycles. The Balaban J connectivity index is 1.34. The molecule has 1 aromatic heterocycles. The lowest BCUT2D eigenvalue weighted by molar-refractivity contribution is 0.0125. The molecule has 1 saturated carbocycles. The number of pyridine rings is 1. The fourth-order valence-electron chi connectivity index (χ4n) is 3.63. The van der Waals surface area contributed by atoms with Gasteiger partial charge in [-0.3, -0.25) is 4.98 Å². The molecule has 0 bridgehead atoms. The minimum Gasteiger partial charge on any atom is -0.368 e. The van der Waals surface area contributed by atoms with Crippen LogP contribution in [-0.4, -0.2) is 17.0 Å². The van der Waals surface area contributed by atoms with Crippen LogP contribution in [0, 0.1) is 5.92 Å². The van der Waals surface area contributed by atoms with E-state index in [1.807, 2.05) is 12.1 Å². The molecule has 2 aliphatic rings. The second-order valence-electron chi connectivity index (χ2n) is 6.37. The van der Waals surface area contributed by atoms with E-state index in [2.05, 4.69) is 45.8 Å². The number of nitrogens with zero attached hydrogens (tertiary/aromatic N) is 2. The van der Waals surface area contributed by atoms with Crippen molar-refractivity contribution < 1.29 is 4.84 Å². The lowest BCUT2D eigenvalue weighted by atomic mass is 9.78. The Morgan fingerprint density at radius 3 is 2.39 bits per heavy atom. The number of benzene rings is 1. The van der Waals surface area contributed by atoms with Crippen molar-refractivity contribution in [3.8, 4) is 0 Å². The third kappa shape index (κ3) is 3.07. The second kappa shape index (κ2) is 6.41. The Morgan fingerprint density at radius 1 is 0.913 bits per heavy atom. The molecule has 118 valence electrons. The molecule has 2 aromatic rings. The molecule has 1 atom stereocenters. The first-order valence-corrected chi connectivity index (χ1v) is 8.36. The molecule has 1 aliphatic heterocycles. The van der Waals surface area contributed by atoms with E-state index >= 15 is 0 Å². The van der Waals surface area contributed by atoms with Crippen LogP contribution in [0.1, 0.15) is 42.7 Å². The van der Waals surface area contributed by atoms with E-state index in [-0.39, 0.29) is 6.23 Å². The predicted molar refractivity (Wildman–Crippen MR) is 89.9 cm³/mol. The van der Waals surface area contributed by atoms with Crippen LogP contribution in [0.3, 0.4) is 0 Å². The molecule has 1 aliphatic carbocycles. The van der Waals surface area contributed by atoms with E-state index in [0.717, 1.165) is 11.4 Å². The quantitative estimate of drug-likeness (QED) is 0.941. The summed E-state index contributed by atoms with van der Waals surface area (Å²) in [6.07, 6.45) is 8.36. The number of hydrogen-bond donors (Lipinski definition) is 1. The minimum atomic E-state index is 0.00916. The summed E-state index contributed by atoms with van der Waals surface area (Å²) in [5.41, 5.74) is 2.50. The SMILES string of the molecule is c1ccc(C2CCC(C3NC(c4ccncc4)=NO3)CC2)cc1. The van der Waals surface area contributed by atoms with E-state index in [1.54, 1.807) is 12.4 Å². The molecular formula is C19H21N3O. The van der Waals surface area contributed by atoms with E-state index < -0.39 is 0 Å². The van der Waals surface area contributed by atoms with Crippen LogP contribution in [0.5, 0.6) is 0 Å². The Hall–Kier alpha value is -2.36. The molecule has 0 saturated heterocycles. The largest absolute Gasteiger partial charge is 0.368 e. The summed E-state index contributed by atoms with van der Waals surface area (Å²) in [6, 6.07) is 14.8. The number of hydrogen-bond acceptors (Lipinski definition) is 4. The first kappa shape index (κ1) is 14.2. The van der Waals surface area contributed by atoms with Crippen LogP contribution in [0.15, 0.2) is 60.0 Å². The highest BCUT2D eigenvalue weighted by molar-refractivity contribution is 5.99. The molecule has 1 fully saturated rings. The number of amidine groups is 1. The highest BCUT2D eigenvalue weighted by atomic mass is 16.7. The molecule has 4 rings (SSSR count). The Bertz CT molecular complexity index is 664. The first-order chi connectivity index (χ1) is 11.4. The number of aromatic nitrogens is 1. The summed E-state index contributed by atoms with van der Waals surface area (Å²) in [5.74, 6) is 2.04. The number of oxime groups is 1. The van der Waals surface area contributed by atoms with Crippen molar-refractivity contribution in [3.63, 3.8) is 0 Å². The monoisotopic (exact) mass is 307 g/mol. The molecule has 4 heteroatoms. The van der Waals surface area contributed by atoms with Crippen LogP contribution < -0.4 is 5.32 Å². The van der Waals surface area contributed by atoms with Crippen molar-refractivity contribution in [2.24, 2.45) is 11.1 Å². The van der Waals surface area contributed by atoms with Gasteiger partial charge in [0.15, 0.2) is 5.84 Å². The van der Waals surface area contributed by atoms with E-state index in [1.165, 1.54) is 31.2 Å². The standard InChI is InChI=1S/C19H21N3O/c1-2-4-14(5-3-1)15-6-8-17(9-7-15)19-21-18(22-23-19)16-10-12-20-13-11-16/h1-5,10-13,15,17,19H,6-9H2,(H,21,22). The van der Waals surface area contributed by atoms with Crippen molar-refractivity contribution in [1.29, 1.82) is 0 Å². The highest BCUT2D eigenvalue weighted by Crippen LogP contribution is 2.37. The topological polar surface area (TPSA) is 46.5 Å². The summed E-state index contributed by atoms with van der Waals surface area (Å²) in [7, 11) is 0. The maximum Gasteiger partial charge on any atom is 0.201 e. The zero-order valence-electron chi connectivity index (χ0n) is 13.1. The number of nitrogens with one attached hydrogen (secondary N) is 1. The zero-order chi connectivity index (χ0) is 15.5. The summed E-state index contributed by atoms with van der Waals surface area (Å²) in [4.78, 5) is 9.70. The molecule has 4 nitrogen and oxygen atoms in total. The molecular weight excluding hydrogens is 286 g/mol. The smallest absolute Gasteiger partial charge is 0.201 e. The van der Waals surface area contributed by atoms with Gasteiger partial charge in [-0.15, -0.1) is 0 Å². The van der Waals surface area contributed by atoms with Crippen LogP contribution in [-0.2, 0) is 4.84 Å². The maximum atomic E-state index is 5.66. The van der Waals surface area contributed by atoms with Gasteiger partial charge < -0.3 is 10.2 Å². The van der Waals surface area contributed by atoms with Gasteiger partial charge in [0.1, 0.15) is 0 Å². The van der Waals surface area contributed by atoms with Gasteiger partial charge in [0.2, 0.25) is 6.23 Å². The third-order valence-electron chi connectivity index (χ3n) is 4.96. The van der Waals surface area contributed by atoms with Crippen LogP contribution >= 0.6 is 0 Å². The lowest BCUT2D eigenvalue weighted by Gasteiger charge is -2.31. The number of rotatable bonds is 3. The van der Waals surface area contributed by atoms with Gasteiger partial charge in [-0.2, -0.15) is 0 Å². The Kier molecular flexibility index (Phi) is 3.97. The average Bonchev–Trinajstić information content (AvgIpc) is 3.14. The normalized spacial score (nSPS) is 27.0. The van der Waals surface area contributed by atoms with E-state index in [4.69, 9.17) is 4.84 Å². The van der Waals surface area contributed by atoms with Gasteiger partial charge >= 0.3 is 0 Å². The molecule has 2 heterocycles. The summed E-state index contributed by atoms with van der Waals surface area (Å²) >= 11 is 0. The first-order valence-electron chi connectivity index (χ1n) is 8.36. The van der Waals surface area contributed by atoms with Crippen molar-refractivity contribution in [3.05, 3.63) is 66.0 Å². The average molecular weight is 307 g/mol. The van der Waals surface area contributed by atoms with Crippen molar-refractivity contribution >= 4 is 5.84 Å². The van der Waals surface area contributed by atoms with E-state index in [9.17, 15) is 0 Å². The van der Waals surface area contributed by atoms with Gasteiger partial charge in [-0.25, -0.2) is 0 Å². The molecule has 0 spiro atoms. The Labute approximate surface area is 136 Å². The lowest BCUT2D eigenvalue weighted by Crippen LogP contribution is -2.38. The minimum absolute atomic E-state index is 0.00916. The van der Waals surface area contributed by atoms with E-state index in [0.29, 0.717) is 11.8 Å². The predicted octanol–water partition coefficient (Wildman–Crippen LogP) is 3.66. The Morgan fingerprint density at radius 2 is 1.65 bits per heavy atom. The highest BCUT2D eigenvalue weighted by Gasteiger charge is 2.33. The molecule has 23 heavy (non-hydrogen) atoms. The van der Waals surface area contributed by atoms with Gasteiger partial charge in [-0.1, -0.05) is 35.5 Å². The fraction of sp³-hybridized carbons (Fsp3) is 0.368. The third-order valence-corrected chi connectivity index (χ3v) is 4.96. The molecule has 0 radical (unpaired) electrons. The zero-order valence-corrected chi connectivity index (χ0v) is 13.1. The van der Waals surface area contributed by atoms with Crippen LogP contribution in [0.4, 0.5) is 0 Å². The van der Waals surface area contributed by atoms with Crippen LogP contribution in [0.2, 0.25) is 0 Å². The van der Waals surface area contributed by atoms with Gasteiger partial charge in [-0.05, 0) is 49.3 Å². The fourth-order valence-corrected chi connectivity index (χ4v) is 3.63. The summed E-state index contributed by atoms with van der Waals surface area (Å²) in [6.45, 7) is 0. The van der Waals surface area contributed by atoms with Crippen LogP contribution in [0.25, 0.3) is 0 Å². The van der Waals surface area contributed by atoms with Crippen molar-refractivity contribution in [2.75, 3.05) is 0 Å². The summed E-state index contributed by atoms with van der Waals surface area (Å²) in [5, 5.41) is 7.65. The second-order valence-corrected chi connectivity index (χ2v) is 6.37. The van der Waals surface area contributed by atoms with Gasteiger partial charge in [0, 0.05) is 23.9 Å².